The van der Waals surface area contributed by atoms with E-state index in [1.165, 1.54) is 7.11 Å². The van der Waals surface area contributed by atoms with Crippen LogP contribution in [0.2, 0.25) is 5.02 Å². The number of ether oxygens (including phenoxy) is 2. The summed E-state index contributed by atoms with van der Waals surface area (Å²) in [4.78, 5) is 12.2. The Morgan fingerprint density at radius 3 is 2.63 bits per heavy atom. The van der Waals surface area contributed by atoms with Gasteiger partial charge in [-0.05, 0) is 37.1 Å². The van der Waals surface area contributed by atoms with Crippen molar-refractivity contribution in [2.75, 3.05) is 12.4 Å². The fourth-order valence-corrected chi connectivity index (χ4v) is 4.20. The summed E-state index contributed by atoms with van der Waals surface area (Å²) in [6.07, 6.45) is 3.71. The Labute approximate surface area is 162 Å². The maximum atomic E-state index is 12.2. The predicted molar refractivity (Wildman–Crippen MR) is 104 cm³/mol. The van der Waals surface area contributed by atoms with Crippen LogP contribution in [0.4, 0.5) is 10.5 Å². The smallest absolute Gasteiger partial charge is 0.319 e. The van der Waals surface area contributed by atoms with E-state index in [-0.39, 0.29) is 11.9 Å². The second-order valence-electron chi connectivity index (χ2n) is 6.80. The van der Waals surface area contributed by atoms with Crippen molar-refractivity contribution in [2.45, 2.75) is 31.2 Å². The van der Waals surface area contributed by atoms with Gasteiger partial charge in [-0.3, -0.25) is 5.41 Å². The molecule has 0 unspecified atom stereocenters. The molecule has 1 fully saturated rings. The van der Waals surface area contributed by atoms with Crippen molar-refractivity contribution < 1.29 is 14.3 Å². The number of anilines is 1. The van der Waals surface area contributed by atoms with Crippen molar-refractivity contribution in [1.82, 2.24) is 5.32 Å². The van der Waals surface area contributed by atoms with Crippen molar-refractivity contribution in [3.05, 3.63) is 52.5 Å². The highest BCUT2D eigenvalue weighted by molar-refractivity contribution is 6.34. The van der Waals surface area contributed by atoms with Gasteiger partial charge in [0.05, 0.1) is 28.9 Å². The maximum absolute atomic E-state index is 12.2. The highest BCUT2D eigenvalue weighted by atomic mass is 35.5. The number of para-hydroxylation sites is 1. The van der Waals surface area contributed by atoms with Gasteiger partial charge in [-0.25, -0.2) is 4.79 Å². The van der Waals surface area contributed by atoms with Crippen LogP contribution in [0.5, 0.6) is 11.5 Å². The SMILES string of the molecule is COC(=N)c1ccccc1Oc1ccc(Cl)c2c1C1(CCCC1)NC(=O)N2. The molecule has 3 N–H and O–H groups in total. The average molecular weight is 386 g/mol. The molecule has 2 aromatic carbocycles. The number of benzene rings is 2. The molecule has 2 aromatic rings. The molecular formula is C20H20ClN3O3. The van der Waals surface area contributed by atoms with Gasteiger partial charge >= 0.3 is 6.03 Å². The van der Waals surface area contributed by atoms with Crippen LogP contribution < -0.4 is 15.4 Å². The lowest BCUT2D eigenvalue weighted by Crippen LogP contribution is -2.50. The van der Waals surface area contributed by atoms with Gasteiger partial charge in [0.2, 0.25) is 5.90 Å². The van der Waals surface area contributed by atoms with Crippen LogP contribution in [0.3, 0.4) is 0 Å². The van der Waals surface area contributed by atoms with Crippen LogP contribution in [0.25, 0.3) is 0 Å². The molecule has 1 spiro atoms. The van der Waals surface area contributed by atoms with Crippen molar-refractivity contribution in [1.29, 1.82) is 5.41 Å². The Balaban J connectivity index is 1.84. The zero-order valence-electron chi connectivity index (χ0n) is 14.9. The van der Waals surface area contributed by atoms with E-state index in [1.54, 1.807) is 18.2 Å². The lowest BCUT2D eigenvalue weighted by Gasteiger charge is -2.38. The lowest BCUT2D eigenvalue weighted by atomic mass is 9.84. The second kappa shape index (κ2) is 6.78. The number of halogens is 1. The van der Waals surface area contributed by atoms with Gasteiger partial charge < -0.3 is 20.1 Å². The van der Waals surface area contributed by atoms with Crippen molar-refractivity contribution in [3.63, 3.8) is 0 Å². The maximum Gasteiger partial charge on any atom is 0.319 e. The Hall–Kier alpha value is -2.73. The molecule has 4 rings (SSSR count). The van der Waals surface area contributed by atoms with E-state index >= 15 is 0 Å². The summed E-state index contributed by atoms with van der Waals surface area (Å²) in [5.41, 5.74) is 1.53. The molecule has 0 saturated heterocycles. The van der Waals surface area contributed by atoms with E-state index in [1.807, 2.05) is 18.2 Å². The number of nitrogens with one attached hydrogen (secondary N) is 3. The van der Waals surface area contributed by atoms with Crippen molar-refractivity contribution in [3.8, 4) is 11.5 Å². The Morgan fingerprint density at radius 2 is 1.89 bits per heavy atom. The Bertz CT molecular complexity index is 923. The van der Waals surface area contributed by atoms with Gasteiger partial charge in [0.15, 0.2) is 0 Å². The minimum absolute atomic E-state index is 0.0236. The number of hydrogen-bond donors (Lipinski definition) is 3. The molecule has 1 heterocycles. The molecule has 7 heteroatoms. The van der Waals surface area contributed by atoms with Gasteiger partial charge in [0, 0.05) is 5.56 Å². The number of carbonyl (C=O) groups excluding carboxylic acids is 1. The van der Waals surface area contributed by atoms with E-state index in [0.717, 1.165) is 31.2 Å². The summed E-state index contributed by atoms with van der Waals surface area (Å²) in [6.45, 7) is 0. The van der Waals surface area contributed by atoms with Gasteiger partial charge in [-0.2, -0.15) is 0 Å². The van der Waals surface area contributed by atoms with Crippen LogP contribution in [0, 0.1) is 5.41 Å². The van der Waals surface area contributed by atoms with Crippen LogP contribution in [0.15, 0.2) is 36.4 Å². The molecule has 0 bridgehead atoms. The summed E-state index contributed by atoms with van der Waals surface area (Å²) < 4.78 is 11.3. The van der Waals surface area contributed by atoms with Crippen LogP contribution >= 0.6 is 11.6 Å². The van der Waals surface area contributed by atoms with Gasteiger partial charge in [-0.1, -0.05) is 36.6 Å². The van der Waals surface area contributed by atoms with E-state index in [2.05, 4.69) is 10.6 Å². The van der Waals surface area contributed by atoms with Crippen LogP contribution in [-0.4, -0.2) is 19.0 Å². The summed E-state index contributed by atoms with van der Waals surface area (Å²) in [7, 11) is 1.45. The molecule has 140 valence electrons. The molecule has 0 atom stereocenters. The molecule has 0 aromatic heterocycles. The molecule has 1 aliphatic heterocycles. The quantitative estimate of drug-likeness (QED) is 0.513. The lowest BCUT2D eigenvalue weighted by molar-refractivity contribution is 0.232. The summed E-state index contributed by atoms with van der Waals surface area (Å²) in [5.74, 6) is 1.15. The second-order valence-corrected chi connectivity index (χ2v) is 7.20. The van der Waals surface area contributed by atoms with Crippen molar-refractivity contribution in [2.24, 2.45) is 0 Å². The summed E-state index contributed by atoms with van der Waals surface area (Å²) >= 11 is 6.40. The zero-order chi connectivity index (χ0) is 19.0. The molecule has 27 heavy (non-hydrogen) atoms. The first-order chi connectivity index (χ1) is 13.0. The third-order valence-corrected chi connectivity index (χ3v) is 5.51. The number of carbonyl (C=O) groups is 1. The highest BCUT2D eigenvalue weighted by Gasteiger charge is 2.45. The molecule has 6 nitrogen and oxygen atoms in total. The van der Waals surface area contributed by atoms with Gasteiger partial charge in [-0.15, -0.1) is 0 Å². The number of methoxy groups -OCH3 is 1. The first kappa shape index (κ1) is 17.7. The standard InChI is InChI=1S/C20H20ClN3O3/c1-26-18(22)12-6-2-3-7-14(12)27-15-9-8-13(21)17-16(15)20(10-4-5-11-20)24-19(25)23-17/h2-3,6-9,22H,4-5,10-11H2,1H3,(H2,23,24,25). The molecule has 2 amide bonds. The fraction of sp³-hybridized carbons (Fsp3) is 0.300. The molecular weight excluding hydrogens is 366 g/mol. The van der Waals surface area contributed by atoms with Gasteiger partial charge in [0.1, 0.15) is 11.5 Å². The summed E-state index contributed by atoms with van der Waals surface area (Å²) in [5, 5.41) is 14.4. The number of amides is 2. The first-order valence-corrected chi connectivity index (χ1v) is 9.24. The van der Waals surface area contributed by atoms with Crippen LogP contribution in [-0.2, 0) is 10.3 Å². The van der Waals surface area contributed by atoms with Gasteiger partial charge in [0.25, 0.3) is 0 Å². The molecule has 2 aliphatic rings. The normalized spacial score (nSPS) is 17.0. The third-order valence-electron chi connectivity index (χ3n) is 5.20. The number of rotatable bonds is 3. The molecule has 1 saturated carbocycles. The predicted octanol–water partition coefficient (Wildman–Crippen LogP) is 5.01. The number of urea groups is 1. The number of hydrogen-bond acceptors (Lipinski definition) is 4. The molecule has 1 aliphatic carbocycles. The third kappa shape index (κ3) is 3.00. The fourth-order valence-electron chi connectivity index (χ4n) is 3.99. The average Bonchev–Trinajstić information content (AvgIpc) is 3.12. The van der Waals surface area contributed by atoms with E-state index in [9.17, 15) is 4.79 Å². The monoisotopic (exact) mass is 385 g/mol. The highest BCUT2D eigenvalue weighted by Crippen LogP contribution is 2.51. The minimum Gasteiger partial charge on any atom is -0.481 e. The van der Waals surface area contributed by atoms with Crippen LogP contribution in [0.1, 0.15) is 36.8 Å². The summed E-state index contributed by atoms with van der Waals surface area (Å²) in [6, 6.07) is 10.5. The Kier molecular flexibility index (Phi) is 4.44. The number of fused-ring (bicyclic) bond motifs is 2. The van der Waals surface area contributed by atoms with E-state index in [0.29, 0.717) is 27.8 Å². The molecule has 0 radical (unpaired) electrons. The Morgan fingerprint density at radius 1 is 1.15 bits per heavy atom. The van der Waals surface area contributed by atoms with E-state index in [4.69, 9.17) is 26.5 Å². The zero-order valence-corrected chi connectivity index (χ0v) is 15.7. The van der Waals surface area contributed by atoms with Crippen molar-refractivity contribution >= 4 is 29.2 Å². The van der Waals surface area contributed by atoms with E-state index < -0.39 is 5.54 Å². The first-order valence-electron chi connectivity index (χ1n) is 8.86. The minimum atomic E-state index is -0.485. The topological polar surface area (TPSA) is 83.4 Å². The largest absolute Gasteiger partial charge is 0.481 e.